The van der Waals surface area contributed by atoms with Crippen molar-refractivity contribution in [1.82, 2.24) is 9.97 Å². The van der Waals surface area contributed by atoms with Crippen LogP contribution in [0.4, 0.5) is 17.5 Å². The van der Waals surface area contributed by atoms with Gasteiger partial charge in [0.1, 0.15) is 5.82 Å². The Hall–Kier alpha value is -2.01. The van der Waals surface area contributed by atoms with Gasteiger partial charge in [0.15, 0.2) is 0 Å². The zero-order valence-electron chi connectivity index (χ0n) is 9.14. The second kappa shape index (κ2) is 4.88. The molecule has 0 bridgehead atoms. The lowest BCUT2D eigenvalue weighted by molar-refractivity contribution is 0.398. The quantitative estimate of drug-likeness (QED) is 0.875. The van der Waals surface area contributed by atoms with Crippen LogP contribution in [0.25, 0.3) is 0 Å². The Labute approximate surface area is 104 Å². The van der Waals surface area contributed by atoms with Crippen LogP contribution in [0.15, 0.2) is 30.3 Å². The Balaban J connectivity index is 2.26. The van der Waals surface area contributed by atoms with Crippen LogP contribution in [0.5, 0.6) is 5.88 Å². The highest BCUT2D eigenvalue weighted by Crippen LogP contribution is 2.21. The summed E-state index contributed by atoms with van der Waals surface area (Å²) in [6, 6.07) is 8.94. The molecule has 17 heavy (non-hydrogen) atoms. The van der Waals surface area contributed by atoms with Gasteiger partial charge < -0.3 is 15.8 Å². The smallest absolute Gasteiger partial charge is 0.225 e. The molecule has 2 rings (SSSR count). The fraction of sp³-hybridized carbons (Fsp3) is 0.0909. The van der Waals surface area contributed by atoms with Gasteiger partial charge in [-0.2, -0.15) is 9.97 Å². The Bertz CT molecular complexity index is 533. The van der Waals surface area contributed by atoms with Gasteiger partial charge in [0.25, 0.3) is 0 Å². The lowest BCUT2D eigenvalue weighted by atomic mass is 10.3. The summed E-state index contributed by atoms with van der Waals surface area (Å²) < 4.78 is 5.00. The second-order valence-corrected chi connectivity index (χ2v) is 3.73. The van der Waals surface area contributed by atoms with Gasteiger partial charge >= 0.3 is 0 Å². The minimum atomic E-state index is 0.147. The molecule has 6 heteroatoms. The summed E-state index contributed by atoms with van der Waals surface area (Å²) in [6.07, 6.45) is 0. The van der Waals surface area contributed by atoms with Crippen LogP contribution in [-0.2, 0) is 0 Å². The molecule has 3 N–H and O–H groups in total. The Morgan fingerprint density at radius 2 is 2.12 bits per heavy atom. The molecule has 0 unspecified atom stereocenters. The van der Waals surface area contributed by atoms with E-state index >= 15 is 0 Å². The minimum absolute atomic E-state index is 0.147. The molecule has 0 aliphatic heterocycles. The molecule has 0 aliphatic carbocycles. The molecule has 2 aromatic rings. The van der Waals surface area contributed by atoms with E-state index in [4.69, 9.17) is 22.1 Å². The standard InChI is InChI=1S/C11H11ClN4O/c1-17-10-6-9(15-11(13)16-10)14-8-4-2-3-7(12)5-8/h2-6H,1H3,(H3,13,14,15,16). The number of nitrogen functional groups attached to an aromatic ring is 1. The number of nitrogens with one attached hydrogen (secondary N) is 1. The van der Waals surface area contributed by atoms with Crippen molar-refractivity contribution >= 4 is 29.1 Å². The minimum Gasteiger partial charge on any atom is -0.481 e. The van der Waals surface area contributed by atoms with E-state index in [1.807, 2.05) is 12.1 Å². The average molecular weight is 251 g/mol. The molecule has 0 amide bonds. The number of ether oxygens (including phenoxy) is 1. The summed E-state index contributed by atoms with van der Waals surface area (Å²) in [7, 11) is 1.52. The number of rotatable bonds is 3. The van der Waals surface area contributed by atoms with Crippen LogP contribution in [0.3, 0.4) is 0 Å². The van der Waals surface area contributed by atoms with Crippen molar-refractivity contribution in [3.05, 3.63) is 35.4 Å². The lowest BCUT2D eigenvalue weighted by Gasteiger charge is -2.07. The number of anilines is 3. The molecular formula is C11H11ClN4O. The van der Waals surface area contributed by atoms with Crippen molar-refractivity contribution in [2.45, 2.75) is 0 Å². The van der Waals surface area contributed by atoms with Gasteiger partial charge in [-0.25, -0.2) is 0 Å². The van der Waals surface area contributed by atoms with Crippen molar-refractivity contribution in [1.29, 1.82) is 0 Å². The molecule has 0 saturated heterocycles. The van der Waals surface area contributed by atoms with E-state index in [0.29, 0.717) is 16.7 Å². The first-order valence-electron chi connectivity index (χ1n) is 4.88. The molecule has 0 saturated carbocycles. The average Bonchev–Trinajstić information content (AvgIpc) is 2.28. The van der Waals surface area contributed by atoms with Crippen LogP contribution >= 0.6 is 11.6 Å². The molecule has 1 aromatic carbocycles. The largest absolute Gasteiger partial charge is 0.481 e. The van der Waals surface area contributed by atoms with E-state index in [2.05, 4.69) is 15.3 Å². The molecule has 1 aromatic heterocycles. The Morgan fingerprint density at radius 1 is 1.29 bits per heavy atom. The van der Waals surface area contributed by atoms with Crippen molar-refractivity contribution in [3.8, 4) is 5.88 Å². The van der Waals surface area contributed by atoms with Crippen LogP contribution in [-0.4, -0.2) is 17.1 Å². The van der Waals surface area contributed by atoms with E-state index in [0.717, 1.165) is 5.69 Å². The number of nitrogens with two attached hydrogens (primary N) is 1. The highest BCUT2D eigenvalue weighted by atomic mass is 35.5. The molecular weight excluding hydrogens is 240 g/mol. The van der Waals surface area contributed by atoms with E-state index in [9.17, 15) is 0 Å². The Kier molecular flexibility index (Phi) is 3.30. The van der Waals surface area contributed by atoms with E-state index in [-0.39, 0.29) is 5.95 Å². The van der Waals surface area contributed by atoms with E-state index in [1.54, 1.807) is 18.2 Å². The van der Waals surface area contributed by atoms with Gasteiger partial charge in [0, 0.05) is 16.8 Å². The van der Waals surface area contributed by atoms with Crippen LogP contribution in [0.2, 0.25) is 5.02 Å². The number of nitrogens with zero attached hydrogens (tertiary/aromatic N) is 2. The topological polar surface area (TPSA) is 73.1 Å². The maximum Gasteiger partial charge on any atom is 0.225 e. The number of hydrogen-bond donors (Lipinski definition) is 2. The third-order valence-electron chi connectivity index (χ3n) is 2.03. The molecule has 0 aliphatic rings. The molecule has 0 atom stereocenters. The van der Waals surface area contributed by atoms with Gasteiger partial charge in [-0.3, -0.25) is 0 Å². The summed E-state index contributed by atoms with van der Waals surface area (Å²) in [5.74, 6) is 1.10. The fourth-order valence-corrected chi connectivity index (χ4v) is 1.52. The molecule has 1 heterocycles. The highest BCUT2D eigenvalue weighted by molar-refractivity contribution is 6.30. The normalized spacial score (nSPS) is 10.0. The van der Waals surface area contributed by atoms with Crippen LogP contribution in [0, 0.1) is 0 Å². The van der Waals surface area contributed by atoms with E-state index in [1.165, 1.54) is 7.11 Å². The zero-order valence-corrected chi connectivity index (χ0v) is 9.90. The summed E-state index contributed by atoms with van der Waals surface area (Å²) in [6.45, 7) is 0. The SMILES string of the molecule is COc1cc(Nc2cccc(Cl)c2)nc(N)n1. The highest BCUT2D eigenvalue weighted by Gasteiger charge is 2.03. The van der Waals surface area contributed by atoms with Crippen LogP contribution < -0.4 is 15.8 Å². The number of aromatic nitrogens is 2. The monoisotopic (exact) mass is 250 g/mol. The summed E-state index contributed by atoms with van der Waals surface area (Å²) >= 11 is 5.88. The number of hydrogen-bond acceptors (Lipinski definition) is 5. The van der Waals surface area contributed by atoms with Crippen LogP contribution in [0.1, 0.15) is 0 Å². The van der Waals surface area contributed by atoms with Crippen molar-refractivity contribution in [2.24, 2.45) is 0 Å². The first-order chi connectivity index (χ1) is 8.17. The fourth-order valence-electron chi connectivity index (χ4n) is 1.33. The van der Waals surface area contributed by atoms with Gasteiger partial charge in [-0.15, -0.1) is 0 Å². The maximum absolute atomic E-state index is 5.88. The third kappa shape index (κ3) is 2.98. The molecule has 88 valence electrons. The molecule has 5 nitrogen and oxygen atoms in total. The summed E-state index contributed by atoms with van der Waals surface area (Å²) in [4.78, 5) is 7.93. The first kappa shape index (κ1) is 11.5. The Morgan fingerprint density at radius 3 is 2.82 bits per heavy atom. The number of benzene rings is 1. The second-order valence-electron chi connectivity index (χ2n) is 3.29. The van der Waals surface area contributed by atoms with Crippen molar-refractivity contribution < 1.29 is 4.74 Å². The molecule has 0 fully saturated rings. The number of methoxy groups -OCH3 is 1. The third-order valence-corrected chi connectivity index (χ3v) is 2.26. The van der Waals surface area contributed by atoms with E-state index < -0.39 is 0 Å². The predicted octanol–water partition coefficient (Wildman–Crippen LogP) is 2.46. The lowest BCUT2D eigenvalue weighted by Crippen LogP contribution is -2.01. The first-order valence-corrected chi connectivity index (χ1v) is 5.26. The predicted molar refractivity (Wildman–Crippen MR) is 67.7 cm³/mol. The maximum atomic E-state index is 5.88. The molecule has 0 spiro atoms. The molecule has 0 radical (unpaired) electrons. The van der Waals surface area contributed by atoms with Gasteiger partial charge in [0.2, 0.25) is 11.8 Å². The summed E-state index contributed by atoms with van der Waals surface area (Å²) in [5, 5.41) is 3.71. The van der Waals surface area contributed by atoms with Gasteiger partial charge in [0.05, 0.1) is 7.11 Å². The summed E-state index contributed by atoms with van der Waals surface area (Å²) in [5.41, 5.74) is 6.37. The van der Waals surface area contributed by atoms with Crippen molar-refractivity contribution in [2.75, 3.05) is 18.2 Å². The van der Waals surface area contributed by atoms with Gasteiger partial charge in [-0.05, 0) is 18.2 Å². The van der Waals surface area contributed by atoms with Crippen molar-refractivity contribution in [3.63, 3.8) is 0 Å². The van der Waals surface area contributed by atoms with Gasteiger partial charge in [-0.1, -0.05) is 17.7 Å². The zero-order chi connectivity index (χ0) is 12.3. The number of halogens is 1.